The molecule has 2 heterocycles. The van der Waals surface area contributed by atoms with Crippen LogP contribution in [0, 0.1) is 12.1 Å². The van der Waals surface area contributed by atoms with Gasteiger partial charge in [-0.25, -0.2) is 11.1 Å². The SMILES string of the molecule is [Y].[c-]1cc2cnccc2cc1-c1[c-]ccc2ccncc12. The number of benzene rings is 2. The van der Waals surface area contributed by atoms with E-state index in [0.29, 0.717) is 0 Å². The van der Waals surface area contributed by atoms with Gasteiger partial charge in [-0.05, 0) is 12.4 Å². The van der Waals surface area contributed by atoms with Gasteiger partial charge in [0, 0.05) is 45.1 Å². The molecule has 0 aliphatic rings. The van der Waals surface area contributed by atoms with Gasteiger partial charge in [0.05, 0.1) is 0 Å². The first-order valence-electron chi connectivity index (χ1n) is 6.42. The summed E-state index contributed by atoms with van der Waals surface area (Å²) in [5.74, 6) is 0. The third kappa shape index (κ3) is 2.62. The van der Waals surface area contributed by atoms with Gasteiger partial charge in [0.25, 0.3) is 0 Å². The number of pyridine rings is 2. The third-order valence-corrected chi connectivity index (χ3v) is 3.45. The van der Waals surface area contributed by atoms with Gasteiger partial charge < -0.3 is 0 Å². The van der Waals surface area contributed by atoms with Gasteiger partial charge in [-0.2, -0.15) is 24.3 Å². The molecule has 0 aliphatic heterocycles. The molecule has 0 N–H and O–H groups in total. The van der Waals surface area contributed by atoms with Crippen molar-refractivity contribution in [2.45, 2.75) is 0 Å². The topological polar surface area (TPSA) is 25.8 Å². The van der Waals surface area contributed by atoms with E-state index >= 15 is 0 Å². The number of nitrogens with zero attached hydrogens (tertiary/aromatic N) is 2. The van der Waals surface area contributed by atoms with Crippen LogP contribution in [0.25, 0.3) is 32.7 Å². The van der Waals surface area contributed by atoms with Crippen molar-refractivity contribution in [1.29, 1.82) is 0 Å². The maximum atomic E-state index is 4.22. The maximum Gasteiger partial charge on any atom is 0.0248 e. The Morgan fingerprint density at radius 3 is 2.52 bits per heavy atom. The minimum atomic E-state index is 0. The Labute approximate surface area is 148 Å². The average molecular weight is 343 g/mol. The number of aromatic nitrogens is 2. The summed E-state index contributed by atoms with van der Waals surface area (Å²) in [6.07, 6.45) is 7.35. The molecule has 4 aromatic rings. The second-order valence-electron chi connectivity index (χ2n) is 4.67. The molecule has 2 aromatic heterocycles. The van der Waals surface area contributed by atoms with Crippen molar-refractivity contribution in [2.75, 3.05) is 0 Å². The molecule has 1 radical (unpaired) electrons. The zero-order valence-electron chi connectivity index (χ0n) is 11.2. The summed E-state index contributed by atoms with van der Waals surface area (Å²) in [6, 6.07) is 18.7. The smallest absolute Gasteiger partial charge is 0.0248 e. The average Bonchev–Trinajstić information content (AvgIpc) is 2.54. The van der Waals surface area contributed by atoms with Crippen LogP contribution in [-0.2, 0) is 32.7 Å². The van der Waals surface area contributed by atoms with Gasteiger partial charge in [-0.1, -0.05) is 17.5 Å². The Hall–Kier alpha value is -1.64. The first kappa shape index (κ1) is 14.3. The van der Waals surface area contributed by atoms with Crippen LogP contribution in [0.3, 0.4) is 0 Å². The molecule has 4 rings (SSSR count). The predicted octanol–water partition coefficient (Wildman–Crippen LogP) is 4.05. The summed E-state index contributed by atoms with van der Waals surface area (Å²) < 4.78 is 0. The van der Waals surface area contributed by atoms with Crippen molar-refractivity contribution in [3.8, 4) is 11.1 Å². The van der Waals surface area contributed by atoms with Gasteiger partial charge in [-0.15, -0.1) is 28.3 Å². The van der Waals surface area contributed by atoms with Gasteiger partial charge in [0.1, 0.15) is 0 Å². The summed E-state index contributed by atoms with van der Waals surface area (Å²) in [7, 11) is 0. The molecule has 0 saturated heterocycles. The fraction of sp³-hybridized carbons (Fsp3) is 0. The van der Waals surface area contributed by atoms with Crippen LogP contribution in [-0.4, -0.2) is 9.97 Å². The summed E-state index contributed by atoms with van der Waals surface area (Å²) in [4.78, 5) is 8.34. The molecule has 0 saturated carbocycles. The standard InChI is InChI=1S/C18H10N2.Y/c1-2-13-6-8-20-12-18(13)17(3-1)15-4-5-16-11-19-9-7-14(16)10-15;/h1-2,5-12H;/q-2;. The summed E-state index contributed by atoms with van der Waals surface area (Å²) in [5, 5.41) is 4.51. The number of rotatable bonds is 1. The van der Waals surface area contributed by atoms with E-state index in [-0.39, 0.29) is 32.7 Å². The monoisotopic (exact) mass is 343 g/mol. The van der Waals surface area contributed by atoms with Crippen molar-refractivity contribution in [2.24, 2.45) is 0 Å². The molecule has 0 atom stereocenters. The van der Waals surface area contributed by atoms with Crippen LogP contribution >= 0.6 is 0 Å². The van der Waals surface area contributed by atoms with E-state index in [1.165, 1.54) is 0 Å². The molecule has 2 aromatic carbocycles. The van der Waals surface area contributed by atoms with E-state index in [1.54, 1.807) is 6.20 Å². The molecule has 0 spiro atoms. The summed E-state index contributed by atoms with van der Waals surface area (Å²) in [6.45, 7) is 0. The molecule has 21 heavy (non-hydrogen) atoms. The van der Waals surface area contributed by atoms with Crippen LogP contribution in [0.15, 0.2) is 61.2 Å². The van der Waals surface area contributed by atoms with Crippen molar-refractivity contribution in [3.05, 3.63) is 73.3 Å². The Balaban J connectivity index is 0.00000132. The number of hydrogen-bond donors (Lipinski definition) is 0. The minimum Gasteiger partial charge on any atom is -0.275 e. The van der Waals surface area contributed by atoms with Gasteiger partial charge in [0.2, 0.25) is 0 Å². The van der Waals surface area contributed by atoms with Gasteiger partial charge in [0.15, 0.2) is 0 Å². The van der Waals surface area contributed by atoms with Crippen LogP contribution in [0.4, 0.5) is 0 Å². The molecule has 0 bridgehead atoms. The van der Waals surface area contributed by atoms with Crippen LogP contribution in [0.1, 0.15) is 0 Å². The zero-order valence-corrected chi connectivity index (χ0v) is 14.1. The van der Waals surface area contributed by atoms with Gasteiger partial charge >= 0.3 is 0 Å². The Morgan fingerprint density at radius 1 is 0.810 bits per heavy atom. The number of hydrogen-bond acceptors (Lipinski definition) is 2. The minimum absolute atomic E-state index is 0. The quantitative estimate of drug-likeness (QED) is 0.488. The summed E-state index contributed by atoms with van der Waals surface area (Å²) in [5.41, 5.74) is 2.07. The van der Waals surface area contributed by atoms with E-state index in [1.807, 2.05) is 48.9 Å². The molecule has 0 fully saturated rings. The normalized spacial score (nSPS) is 10.5. The van der Waals surface area contributed by atoms with Crippen molar-refractivity contribution >= 4 is 21.5 Å². The van der Waals surface area contributed by atoms with E-state index in [4.69, 9.17) is 0 Å². The molecule has 0 unspecified atom stereocenters. The van der Waals surface area contributed by atoms with Crippen molar-refractivity contribution in [3.63, 3.8) is 0 Å². The fourth-order valence-corrected chi connectivity index (χ4v) is 2.44. The molecule has 3 heteroatoms. The Kier molecular flexibility index (Phi) is 4.09. The maximum absolute atomic E-state index is 4.22. The van der Waals surface area contributed by atoms with Crippen LogP contribution in [0.2, 0.25) is 0 Å². The molecular weight excluding hydrogens is 333 g/mol. The number of fused-ring (bicyclic) bond motifs is 2. The van der Waals surface area contributed by atoms with Crippen LogP contribution in [0.5, 0.6) is 0 Å². The predicted molar refractivity (Wildman–Crippen MR) is 80.2 cm³/mol. The van der Waals surface area contributed by atoms with Gasteiger partial charge in [-0.3, -0.25) is 9.97 Å². The van der Waals surface area contributed by atoms with E-state index in [2.05, 4.69) is 28.2 Å². The van der Waals surface area contributed by atoms with E-state index in [0.717, 1.165) is 32.7 Å². The van der Waals surface area contributed by atoms with Crippen LogP contribution < -0.4 is 0 Å². The molecular formula is C18H10N2Y-2. The van der Waals surface area contributed by atoms with E-state index in [9.17, 15) is 0 Å². The zero-order chi connectivity index (χ0) is 13.4. The Morgan fingerprint density at radius 2 is 1.62 bits per heavy atom. The molecule has 0 aliphatic carbocycles. The Bertz CT molecular complexity index is 913. The van der Waals surface area contributed by atoms with Crippen molar-refractivity contribution < 1.29 is 32.7 Å². The molecule has 2 nitrogen and oxygen atoms in total. The second kappa shape index (κ2) is 6.01. The third-order valence-electron chi connectivity index (χ3n) is 3.45. The molecule has 0 amide bonds. The second-order valence-corrected chi connectivity index (χ2v) is 4.67. The first-order valence-corrected chi connectivity index (χ1v) is 6.42. The first-order chi connectivity index (χ1) is 9.92. The molecule has 97 valence electrons. The fourth-order valence-electron chi connectivity index (χ4n) is 2.44. The van der Waals surface area contributed by atoms with Crippen molar-refractivity contribution in [1.82, 2.24) is 9.97 Å². The van der Waals surface area contributed by atoms with E-state index < -0.39 is 0 Å². The summed E-state index contributed by atoms with van der Waals surface area (Å²) >= 11 is 0. The largest absolute Gasteiger partial charge is 0.275 e.